The van der Waals surface area contributed by atoms with Gasteiger partial charge in [-0.25, -0.2) is 4.98 Å². The normalized spacial score (nSPS) is 15.6. The van der Waals surface area contributed by atoms with Crippen LogP contribution in [-0.4, -0.2) is 9.97 Å². The Hall–Kier alpha value is -1.38. The Bertz CT molecular complexity index is 417. The molecule has 0 saturated carbocycles. The average molecular weight is 176 g/mol. The number of nitrogens with zero attached hydrogens (tertiary/aromatic N) is 1. The number of aryl methyl sites for hydroxylation is 1. The van der Waals surface area contributed by atoms with Crippen LogP contribution in [0.15, 0.2) is 11.4 Å². The molecule has 3 nitrogen and oxygen atoms in total. The van der Waals surface area contributed by atoms with Gasteiger partial charge in [0.1, 0.15) is 5.82 Å². The lowest BCUT2D eigenvalue weighted by Crippen LogP contribution is -2.21. The van der Waals surface area contributed by atoms with Crippen LogP contribution in [0.4, 0.5) is 0 Å². The van der Waals surface area contributed by atoms with E-state index in [9.17, 15) is 4.79 Å². The van der Waals surface area contributed by atoms with Gasteiger partial charge < -0.3 is 4.98 Å². The summed E-state index contributed by atoms with van der Waals surface area (Å²) >= 11 is 0. The number of aromatic nitrogens is 2. The first-order chi connectivity index (χ1) is 6.18. The summed E-state index contributed by atoms with van der Waals surface area (Å²) in [5.74, 6) is 0.673. The molecule has 0 aliphatic heterocycles. The fourth-order valence-corrected chi connectivity index (χ4v) is 1.73. The van der Waals surface area contributed by atoms with Crippen molar-refractivity contribution in [1.82, 2.24) is 9.97 Å². The molecule has 1 aliphatic carbocycles. The van der Waals surface area contributed by atoms with Crippen molar-refractivity contribution in [2.45, 2.75) is 26.2 Å². The molecule has 68 valence electrons. The summed E-state index contributed by atoms with van der Waals surface area (Å²) in [5, 5.41) is 0. The maximum absolute atomic E-state index is 11.5. The van der Waals surface area contributed by atoms with Crippen LogP contribution in [0.25, 0.3) is 5.57 Å². The third kappa shape index (κ3) is 1.30. The van der Waals surface area contributed by atoms with Crippen molar-refractivity contribution in [3.63, 3.8) is 0 Å². The molecular weight excluding hydrogens is 164 g/mol. The van der Waals surface area contributed by atoms with Crippen LogP contribution in [0.1, 0.15) is 29.9 Å². The van der Waals surface area contributed by atoms with E-state index in [1.165, 1.54) is 0 Å². The van der Waals surface area contributed by atoms with E-state index < -0.39 is 0 Å². The molecule has 0 aromatic carbocycles. The highest BCUT2D eigenvalue weighted by molar-refractivity contribution is 5.64. The predicted molar refractivity (Wildman–Crippen MR) is 51.6 cm³/mol. The van der Waals surface area contributed by atoms with Gasteiger partial charge in [0.2, 0.25) is 0 Å². The maximum atomic E-state index is 11.5. The fourth-order valence-electron chi connectivity index (χ4n) is 1.73. The molecule has 2 rings (SSSR count). The zero-order chi connectivity index (χ0) is 9.42. The highest BCUT2D eigenvalue weighted by atomic mass is 16.1. The molecule has 1 N–H and O–H groups in total. The summed E-state index contributed by atoms with van der Waals surface area (Å²) < 4.78 is 0. The molecule has 0 bridgehead atoms. The second-order valence-electron chi connectivity index (χ2n) is 3.44. The minimum atomic E-state index is 0.00310. The van der Waals surface area contributed by atoms with E-state index in [1.54, 1.807) is 6.92 Å². The number of rotatable bonds is 0. The lowest BCUT2D eigenvalue weighted by Gasteiger charge is -2.15. The number of fused-ring (bicyclic) bond motifs is 1. The largest absolute Gasteiger partial charge is 0.311 e. The maximum Gasteiger partial charge on any atom is 0.254 e. The first kappa shape index (κ1) is 8.23. The third-order valence-electron chi connectivity index (χ3n) is 2.37. The van der Waals surface area contributed by atoms with Crippen LogP contribution in [0.5, 0.6) is 0 Å². The number of hydrogen-bond acceptors (Lipinski definition) is 2. The van der Waals surface area contributed by atoms with Crippen molar-refractivity contribution in [1.29, 1.82) is 0 Å². The van der Waals surface area contributed by atoms with Gasteiger partial charge in [-0.3, -0.25) is 4.79 Å². The lowest BCUT2D eigenvalue weighted by molar-refractivity contribution is 0.781. The summed E-state index contributed by atoms with van der Waals surface area (Å²) in [5.41, 5.74) is 2.63. The average Bonchev–Trinajstić information content (AvgIpc) is 2.07. The standard InChI is InChI=1S/C10H12N2O/c1-6-4-3-5-8-9(6)11-7(2)12-10(8)13/h1,3-5H2,2H3,(H,11,12,13). The molecule has 0 spiro atoms. The van der Waals surface area contributed by atoms with Crippen molar-refractivity contribution in [2.24, 2.45) is 0 Å². The van der Waals surface area contributed by atoms with Gasteiger partial charge in [0.05, 0.1) is 5.69 Å². The van der Waals surface area contributed by atoms with E-state index in [1.807, 2.05) is 0 Å². The Morgan fingerprint density at radius 3 is 3.00 bits per heavy atom. The Morgan fingerprint density at radius 2 is 2.23 bits per heavy atom. The van der Waals surface area contributed by atoms with Crippen LogP contribution >= 0.6 is 0 Å². The quantitative estimate of drug-likeness (QED) is 0.650. The summed E-state index contributed by atoms with van der Waals surface area (Å²) in [6.07, 6.45) is 2.81. The second-order valence-corrected chi connectivity index (χ2v) is 3.44. The first-order valence-corrected chi connectivity index (χ1v) is 4.46. The zero-order valence-electron chi connectivity index (χ0n) is 7.68. The summed E-state index contributed by atoms with van der Waals surface area (Å²) in [7, 11) is 0. The molecular formula is C10H12N2O. The second kappa shape index (κ2) is 2.83. The van der Waals surface area contributed by atoms with Gasteiger partial charge >= 0.3 is 0 Å². The molecule has 0 amide bonds. The summed E-state index contributed by atoms with van der Waals surface area (Å²) in [4.78, 5) is 18.5. The highest BCUT2D eigenvalue weighted by Gasteiger charge is 2.17. The molecule has 13 heavy (non-hydrogen) atoms. The fraction of sp³-hybridized carbons (Fsp3) is 0.400. The van der Waals surface area contributed by atoms with Gasteiger partial charge in [0.15, 0.2) is 0 Å². The summed E-state index contributed by atoms with van der Waals surface area (Å²) in [6, 6.07) is 0. The minimum Gasteiger partial charge on any atom is -0.311 e. The van der Waals surface area contributed by atoms with E-state index >= 15 is 0 Å². The molecule has 1 heterocycles. The van der Waals surface area contributed by atoms with Gasteiger partial charge in [-0.2, -0.15) is 0 Å². The Balaban J connectivity index is 2.70. The first-order valence-electron chi connectivity index (χ1n) is 4.46. The van der Waals surface area contributed by atoms with Gasteiger partial charge in [0, 0.05) is 5.56 Å². The lowest BCUT2D eigenvalue weighted by atomic mass is 9.93. The number of hydrogen-bond donors (Lipinski definition) is 1. The number of H-pyrrole nitrogens is 1. The SMILES string of the molecule is C=C1CCCc2c1nc(C)[nH]c2=O. The predicted octanol–water partition coefficient (Wildman–Crippen LogP) is 1.43. The summed E-state index contributed by atoms with van der Waals surface area (Å²) in [6.45, 7) is 5.72. The van der Waals surface area contributed by atoms with E-state index in [2.05, 4.69) is 16.5 Å². The van der Waals surface area contributed by atoms with E-state index in [0.717, 1.165) is 36.1 Å². The Morgan fingerprint density at radius 1 is 1.46 bits per heavy atom. The molecule has 0 saturated heterocycles. The monoisotopic (exact) mass is 176 g/mol. The minimum absolute atomic E-state index is 0.00310. The molecule has 0 radical (unpaired) electrons. The van der Waals surface area contributed by atoms with Crippen LogP contribution in [0.2, 0.25) is 0 Å². The van der Waals surface area contributed by atoms with Gasteiger partial charge in [0.25, 0.3) is 5.56 Å². The molecule has 1 aromatic heterocycles. The van der Waals surface area contributed by atoms with Gasteiger partial charge in [-0.05, 0) is 31.8 Å². The van der Waals surface area contributed by atoms with Crippen molar-refractivity contribution in [2.75, 3.05) is 0 Å². The van der Waals surface area contributed by atoms with Crippen LogP contribution in [-0.2, 0) is 6.42 Å². The van der Waals surface area contributed by atoms with Crippen LogP contribution in [0.3, 0.4) is 0 Å². The zero-order valence-corrected chi connectivity index (χ0v) is 7.68. The molecule has 1 aliphatic rings. The van der Waals surface area contributed by atoms with Crippen LogP contribution in [0, 0.1) is 6.92 Å². The van der Waals surface area contributed by atoms with Gasteiger partial charge in [-0.1, -0.05) is 6.58 Å². The number of nitrogens with one attached hydrogen (secondary N) is 1. The smallest absolute Gasteiger partial charge is 0.254 e. The molecule has 0 fully saturated rings. The van der Waals surface area contributed by atoms with E-state index in [-0.39, 0.29) is 5.56 Å². The molecule has 0 unspecified atom stereocenters. The topological polar surface area (TPSA) is 45.8 Å². The highest BCUT2D eigenvalue weighted by Crippen LogP contribution is 2.24. The molecule has 3 heteroatoms. The Labute approximate surface area is 76.5 Å². The Kier molecular flexibility index (Phi) is 1.79. The van der Waals surface area contributed by atoms with E-state index in [0.29, 0.717) is 5.82 Å². The van der Waals surface area contributed by atoms with Crippen LogP contribution < -0.4 is 5.56 Å². The number of allylic oxidation sites excluding steroid dienone is 1. The van der Waals surface area contributed by atoms with Crippen molar-refractivity contribution in [3.8, 4) is 0 Å². The van der Waals surface area contributed by atoms with Crippen molar-refractivity contribution < 1.29 is 0 Å². The third-order valence-corrected chi connectivity index (χ3v) is 2.37. The van der Waals surface area contributed by atoms with Crippen molar-refractivity contribution in [3.05, 3.63) is 34.0 Å². The van der Waals surface area contributed by atoms with Crippen molar-refractivity contribution >= 4 is 5.57 Å². The molecule has 1 aromatic rings. The van der Waals surface area contributed by atoms with Gasteiger partial charge in [-0.15, -0.1) is 0 Å². The number of aromatic amines is 1. The van der Waals surface area contributed by atoms with E-state index in [4.69, 9.17) is 0 Å². The molecule has 0 atom stereocenters.